The Morgan fingerprint density at radius 1 is 0.929 bits per heavy atom. The normalized spacial score (nSPS) is 24.2. The number of halogens is 2. The van der Waals surface area contributed by atoms with Crippen molar-refractivity contribution in [2.24, 2.45) is 0 Å². The van der Waals surface area contributed by atoms with E-state index in [1.54, 1.807) is 0 Å². The summed E-state index contributed by atoms with van der Waals surface area (Å²) >= 11 is 6.20. The molecule has 2 aromatic carbocycles. The zero-order valence-electron chi connectivity index (χ0n) is 33.4. The van der Waals surface area contributed by atoms with Gasteiger partial charge in [0.1, 0.15) is 23.5 Å². The molecule has 4 saturated heterocycles. The molecule has 0 radical (unpaired) electrons. The number of nitrogens with zero attached hydrogens (tertiary/aromatic N) is 6. The molecule has 0 aliphatic carbocycles. The highest BCUT2D eigenvalue weighted by Gasteiger charge is 2.54. The van der Waals surface area contributed by atoms with Gasteiger partial charge in [-0.15, -0.1) is 0 Å². The first-order valence-electron chi connectivity index (χ1n) is 20.1. The fourth-order valence-corrected chi connectivity index (χ4v) is 14.7. The second kappa shape index (κ2) is 14.8. The molecule has 4 aliphatic heterocycles. The molecular weight excluding hydrogens is 747 g/mol. The Bertz CT molecular complexity index is 2010. The molecule has 4 aliphatic rings. The first-order chi connectivity index (χ1) is 26.7. The summed E-state index contributed by atoms with van der Waals surface area (Å²) in [7, 11) is -2.70. The van der Waals surface area contributed by atoms with Crippen molar-refractivity contribution in [3.8, 4) is 6.01 Å². The number of fused-ring (bicyclic) bond motifs is 4. The van der Waals surface area contributed by atoms with Gasteiger partial charge in [0.2, 0.25) is 0 Å². The molecule has 1 amide bonds. The topological polar surface area (TPSA) is 93.2 Å². The van der Waals surface area contributed by atoms with Crippen LogP contribution in [-0.4, -0.2) is 101 Å². The first kappa shape index (κ1) is 39.0. The minimum absolute atomic E-state index is 0.0597. The molecule has 2 unspecified atom stereocenters. The van der Waals surface area contributed by atoms with Gasteiger partial charge in [0.15, 0.2) is 11.0 Å². The summed E-state index contributed by atoms with van der Waals surface area (Å²) in [5.41, 5.74) is -0.713. The van der Waals surface area contributed by atoms with E-state index in [9.17, 15) is 4.79 Å². The van der Waals surface area contributed by atoms with Crippen molar-refractivity contribution in [1.29, 1.82) is 0 Å². The SMILES string of the molecule is CC(C)(C)OC(=O)N1C2CCC1CN(c1nc(OC[C@]34CCCN3[C@@H](CO[Si](c3ccccc3)(c3ccccc3)C(C)(C)C)CC4)nc3c(F)c(Cl)ncc13)C2. The number of piperazine rings is 1. The Kier molecular flexibility index (Phi) is 10.3. The molecular formula is C43H54ClFN6O4Si. The van der Waals surface area contributed by atoms with Crippen LogP contribution in [0.2, 0.25) is 10.2 Å². The third kappa shape index (κ3) is 7.05. The Balaban J connectivity index is 1.04. The van der Waals surface area contributed by atoms with E-state index in [0.717, 1.165) is 45.1 Å². The van der Waals surface area contributed by atoms with Crippen LogP contribution in [0.3, 0.4) is 0 Å². The summed E-state index contributed by atoms with van der Waals surface area (Å²) in [6.45, 7) is 15.6. The van der Waals surface area contributed by atoms with Crippen LogP contribution in [0.25, 0.3) is 10.9 Å². The van der Waals surface area contributed by atoms with Crippen LogP contribution in [0, 0.1) is 5.82 Å². The molecule has 4 atom stereocenters. The van der Waals surface area contributed by atoms with E-state index in [4.69, 9.17) is 30.5 Å². The Morgan fingerprint density at radius 2 is 1.57 bits per heavy atom. The van der Waals surface area contributed by atoms with Crippen molar-refractivity contribution in [3.05, 3.63) is 77.8 Å². The number of aromatic nitrogens is 3. The number of carbonyl (C=O) groups is 1. The van der Waals surface area contributed by atoms with Crippen molar-refractivity contribution in [3.63, 3.8) is 0 Å². The number of hydrogen-bond donors (Lipinski definition) is 0. The lowest BCUT2D eigenvalue weighted by molar-refractivity contribution is 0.0122. The largest absolute Gasteiger partial charge is 0.461 e. The standard InChI is InChI=1S/C43H54ClFN6O4Si/c1-41(2,3)55-40(52)51-29-18-19-30(51)26-49(25-29)38-34-24-46-37(44)35(45)36(34)47-39(48-38)53-28-43-21-13-23-50(43)31(20-22-43)27-54-56(42(4,5)6,32-14-9-7-10-15-32)33-16-11-8-12-17-33/h7-12,14-17,24,29-31H,13,18-23,25-28H2,1-6H3/t29?,30?,31-,43-/m1/s1. The van der Waals surface area contributed by atoms with Crippen molar-refractivity contribution in [1.82, 2.24) is 24.8 Å². The molecule has 298 valence electrons. The highest BCUT2D eigenvalue weighted by Crippen LogP contribution is 2.45. The second-order valence-electron chi connectivity index (χ2n) is 18.1. The van der Waals surface area contributed by atoms with Crippen LogP contribution in [0.5, 0.6) is 6.01 Å². The number of hydrogen-bond acceptors (Lipinski definition) is 9. The summed E-state index contributed by atoms with van der Waals surface area (Å²) in [5, 5.41) is 2.66. The molecule has 0 N–H and O–H groups in total. The van der Waals surface area contributed by atoms with Crippen molar-refractivity contribution in [2.75, 3.05) is 37.7 Å². The molecule has 6 heterocycles. The minimum atomic E-state index is -2.70. The smallest absolute Gasteiger partial charge is 0.410 e. The average molecular weight is 801 g/mol. The van der Waals surface area contributed by atoms with Gasteiger partial charge in [0, 0.05) is 25.3 Å². The zero-order valence-corrected chi connectivity index (χ0v) is 35.2. The van der Waals surface area contributed by atoms with Gasteiger partial charge < -0.3 is 18.8 Å². The van der Waals surface area contributed by atoms with Gasteiger partial charge in [0.05, 0.1) is 29.6 Å². The summed E-state index contributed by atoms with van der Waals surface area (Å²) in [6.07, 6.45) is 6.94. The number of pyridine rings is 1. The second-order valence-corrected chi connectivity index (χ2v) is 22.8. The van der Waals surface area contributed by atoms with Crippen molar-refractivity contribution in [2.45, 2.75) is 114 Å². The molecule has 2 bridgehead atoms. The summed E-state index contributed by atoms with van der Waals surface area (Å²) in [5.74, 6) is -0.160. The van der Waals surface area contributed by atoms with E-state index in [1.807, 2.05) is 25.7 Å². The molecule has 4 aromatic rings. The van der Waals surface area contributed by atoms with E-state index >= 15 is 4.39 Å². The van der Waals surface area contributed by atoms with E-state index in [1.165, 1.54) is 16.6 Å². The maximum absolute atomic E-state index is 15.7. The van der Waals surface area contributed by atoms with Gasteiger partial charge in [0.25, 0.3) is 8.32 Å². The van der Waals surface area contributed by atoms with E-state index in [-0.39, 0.29) is 51.5 Å². The summed E-state index contributed by atoms with van der Waals surface area (Å²) in [6, 6.07) is 21.8. The minimum Gasteiger partial charge on any atom is -0.461 e. The number of carbonyl (C=O) groups excluding carboxylic acids is 1. The molecule has 2 aromatic heterocycles. The number of benzene rings is 2. The Morgan fingerprint density at radius 3 is 2.18 bits per heavy atom. The van der Waals surface area contributed by atoms with Crippen LogP contribution in [0.15, 0.2) is 66.9 Å². The molecule has 10 nitrogen and oxygen atoms in total. The van der Waals surface area contributed by atoms with Gasteiger partial charge in [-0.2, -0.15) is 9.97 Å². The zero-order chi connectivity index (χ0) is 39.5. The van der Waals surface area contributed by atoms with Crippen LogP contribution in [-0.2, 0) is 9.16 Å². The number of rotatable bonds is 9. The van der Waals surface area contributed by atoms with Crippen LogP contribution in [0.1, 0.15) is 80.1 Å². The Labute approximate surface area is 335 Å². The maximum Gasteiger partial charge on any atom is 0.410 e. The molecule has 0 spiro atoms. The Hall–Kier alpha value is -3.84. The molecule has 8 rings (SSSR count). The highest BCUT2D eigenvalue weighted by molar-refractivity contribution is 6.99. The molecule has 56 heavy (non-hydrogen) atoms. The fourth-order valence-electron chi connectivity index (χ4n) is 9.96. The average Bonchev–Trinajstić information content (AvgIpc) is 3.81. The van der Waals surface area contributed by atoms with Crippen LogP contribution < -0.4 is 20.0 Å². The third-order valence-electron chi connectivity index (χ3n) is 12.4. The predicted molar refractivity (Wildman–Crippen MR) is 220 cm³/mol. The van der Waals surface area contributed by atoms with E-state index in [2.05, 4.69) is 101 Å². The number of amides is 1. The lowest BCUT2D eigenvalue weighted by atomic mass is 9.95. The number of ether oxygens (including phenoxy) is 2. The van der Waals surface area contributed by atoms with Crippen LogP contribution >= 0.6 is 11.6 Å². The quantitative estimate of drug-likeness (QED) is 0.127. The fraction of sp³-hybridized carbons (Fsp3) is 0.535. The van der Waals surface area contributed by atoms with Gasteiger partial charge >= 0.3 is 12.1 Å². The third-order valence-corrected chi connectivity index (χ3v) is 17.7. The van der Waals surface area contributed by atoms with Crippen molar-refractivity contribution >= 4 is 53.1 Å². The monoisotopic (exact) mass is 800 g/mol. The summed E-state index contributed by atoms with van der Waals surface area (Å²) in [4.78, 5) is 33.5. The molecule has 0 saturated carbocycles. The van der Waals surface area contributed by atoms with E-state index < -0.39 is 19.7 Å². The first-order valence-corrected chi connectivity index (χ1v) is 22.4. The number of anilines is 1. The van der Waals surface area contributed by atoms with E-state index in [0.29, 0.717) is 37.5 Å². The molecule has 13 heteroatoms. The lowest BCUT2D eigenvalue weighted by Gasteiger charge is -2.44. The lowest BCUT2D eigenvalue weighted by Crippen LogP contribution is -2.67. The summed E-state index contributed by atoms with van der Waals surface area (Å²) < 4.78 is 35.4. The van der Waals surface area contributed by atoms with Gasteiger partial charge in [-0.3, -0.25) is 9.80 Å². The molecule has 4 fully saturated rings. The van der Waals surface area contributed by atoms with Crippen molar-refractivity contribution < 1.29 is 23.1 Å². The van der Waals surface area contributed by atoms with Gasteiger partial charge in [-0.05, 0) is 81.3 Å². The highest BCUT2D eigenvalue weighted by atomic mass is 35.5. The van der Waals surface area contributed by atoms with Gasteiger partial charge in [-0.1, -0.05) is 93.0 Å². The predicted octanol–water partition coefficient (Wildman–Crippen LogP) is 7.36. The van der Waals surface area contributed by atoms with Gasteiger partial charge in [-0.25, -0.2) is 14.2 Å². The maximum atomic E-state index is 15.7. The van der Waals surface area contributed by atoms with Crippen LogP contribution in [0.4, 0.5) is 15.0 Å².